The Hall–Kier alpha value is -3.87. The smallest absolute Gasteiger partial charge is 0.260 e. The number of rotatable bonds is 7. The third-order valence-corrected chi connectivity index (χ3v) is 5.58. The highest BCUT2D eigenvalue weighted by Crippen LogP contribution is 2.38. The number of hydrogen-bond acceptors (Lipinski definition) is 5. The van der Waals surface area contributed by atoms with Gasteiger partial charge in [-0.3, -0.25) is 19.5 Å². The number of nitrogens with zero attached hydrogens (tertiary/aromatic N) is 2. The first-order chi connectivity index (χ1) is 15.5. The molecule has 1 atom stereocenters. The van der Waals surface area contributed by atoms with Gasteiger partial charge in [-0.15, -0.1) is 0 Å². The Balaban J connectivity index is 1.54. The van der Waals surface area contributed by atoms with Crippen molar-refractivity contribution in [2.75, 3.05) is 19.1 Å². The molecule has 0 spiro atoms. The molecule has 0 saturated heterocycles. The number of fused-ring (bicyclic) bond motifs is 1. The number of nitrogens with one attached hydrogen (secondary N) is 1. The molecule has 32 heavy (non-hydrogen) atoms. The topological polar surface area (TPSA) is 80.8 Å². The van der Waals surface area contributed by atoms with E-state index < -0.39 is 6.04 Å². The van der Waals surface area contributed by atoms with Gasteiger partial charge in [0.05, 0.1) is 37.9 Å². The van der Waals surface area contributed by atoms with Crippen LogP contribution in [0.3, 0.4) is 0 Å². The molecule has 7 heteroatoms. The number of amides is 2. The van der Waals surface area contributed by atoms with Gasteiger partial charge in [0, 0.05) is 30.1 Å². The molecule has 1 N–H and O–H groups in total. The van der Waals surface area contributed by atoms with E-state index in [9.17, 15) is 9.59 Å². The molecule has 1 aromatic heterocycles. The Labute approximate surface area is 187 Å². The number of anilines is 1. The van der Waals surface area contributed by atoms with Gasteiger partial charge >= 0.3 is 0 Å². The van der Waals surface area contributed by atoms with Crippen molar-refractivity contribution in [1.82, 2.24) is 10.3 Å². The zero-order chi connectivity index (χ0) is 22.7. The molecule has 1 aliphatic rings. The molecule has 0 unspecified atom stereocenters. The van der Waals surface area contributed by atoms with Gasteiger partial charge in [0.25, 0.3) is 5.91 Å². The van der Waals surface area contributed by atoms with E-state index in [2.05, 4.69) is 10.3 Å². The van der Waals surface area contributed by atoms with E-state index in [1.165, 1.54) is 0 Å². The van der Waals surface area contributed by atoms with Gasteiger partial charge in [-0.25, -0.2) is 0 Å². The molecular formula is C25H25N3O4. The van der Waals surface area contributed by atoms with E-state index in [-0.39, 0.29) is 18.2 Å². The minimum atomic E-state index is -0.473. The van der Waals surface area contributed by atoms with Crippen LogP contribution in [0.5, 0.6) is 11.5 Å². The monoisotopic (exact) mass is 431 g/mol. The lowest BCUT2D eigenvalue weighted by Gasteiger charge is -2.25. The van der Waals surface area contributed by atoms with E-state index in [1.54, 1.807) is 43.5 Å². The molecular weight excluding hydrogens is 406 g/mol. The highest BCUT2D eigenvalue weighted by atomic mass is 16.5. The second-order valence-corrected chi connectivity index (χ2v) is 7.62. The second kappa shape index (κ2) is 9.09. The highest BCUT2D eigenvalue weighted by Gasteiger charge is 2.39. The quantitative estimate of drug-likeness (QED) is 0.615. The standard InChI is InChI=1S/C25H25N3O4/c1-16-6-9-18(10-7-16)28-21(24-20(25(28)30)5-4-12-26-24)14-23(29)27-15-17-8-11-19(31-2)13-22(17)32-3/h4-13,21H,14-15H2,1-3H3,(H,27,29)/t21-/m0/s1. The molecule has 0 saturated carbocycles. The number of ether oxygens (including phenoxy) is 2. The molecule has 2 heterocycles. The lowest BCUT2D eigenvalue weighted by atomic mass is 10.1. The average Bonchev–Trinajstić information content (AvgIpc) is 3.09. The zero-order valence-electron chi connectivity index (χ0n) is 18.3. The van der Waals surface area contributed by atoms with Crippen molar-refractivity contribution in [2.24, 2.45) is 0 Å². The van der Waals surface area contributed by atoms with Gasteiger partial charge in [0.2, 0.25) is 5.91 Å². The Morgan fingerprint density at radius 3 is 2.59 bits per heavy atom. The van der Waals surface area contributed by atoms with Crippen LogP contribution in [0, 0.1) is 6.92 Å². The first kappa shape index (κ1) is 21.4. The molecule has 0 bridgehead atoms. The fourth-order valence-electron chi connectivity index (χ4n) is 3.89. The first-order valence-corrected chi connectivity index (χ1v) is 10.3. The summed E-state index contributed by atoms with van der Waals surface area (Å²) in [5.41, 5.74) is 3.82. The zero-order valence-corrected chi connectivity index (χ0v) is 18.3. The second-order valence-electron chi connectivity index (χ2n) is 7.62. The highest BCUT2D eigenvalue weighted by molar-refractivity contribution is 6.11. The number of carbonyl (C=O) groups excluding carboxylic acids is 2. The summed E-state index contributed by atoms with van der Waals surface area (Å²) in [5, 5.41) is 2.94. The van der Waals surface area contributed by atoms with Crippen LogP contribution in [-0.4, -0.2) is 31.0 Å². The van der Waals surface area contributed by atoms with Crippen molar-refractivity contribution < 1.29 is 19.1 Å². The summed E-state index contributed by atoms with van der Waals surface area (Å²) < 4.78 is 10.6. The molecule has 2 amide bonds. The molecule has 0 fully saturated rings. The number of methoxy groups -OCH3 is 2. The van der Waals surface area contributed by atoms with Crippen molar-refractivity contribution in [1.29, 1.82) is 0 Å². The minimum absolute atomic E-state index is 0.0993. The van der Waals surface area contributed by atoms with E-state index >= 15 is 0 Å². The largest absolute Gasteiger partial charge is 0.497 e. The maximum Gasteiger partial charge on any atom is 0.260 e. The minimum Gasteiger partial charge on any atom is -0.497 e. The number of aromatic nitrogens is 1. The van der Waals surface area contributed by atoms with Gasteiger partial charge in [-0.05, 0) is 43.3 Å². The molecule has 1 aliphatic heterocycles. The summed E-state index contributed by atoms with van der Waals surface area (Å²) in [6.45, 7) is 2.29. The maximum atomic E-state index is 13.1. The maximum absolute atomic E-state index is 13.1. The molecule has 4 rings (SSSR count). The van der Waals surface area contributed by atoms with Crippen LogP contribution in [0.25, 0.3) is 0 Å². The fourth-order valence-corrected chi connectivity index (χ4v) is 3.89. The van der Waals surface area contributed by atoms with Gasteiger partial charge < -0.3 is 14.8 Å². The molecule has 0 radical (unpaired) electrons. The Bertz CT molecular complexity index is 1140. The summed E-state index contributed by atoms with van der Waals surface area (Å²) >= 11 is 0. The Morgan fingerprint density at radius 2 is 1.88 bits per heavy atom. The van der Waals surface area contributed by atoms with Crippen LogP contribution in [0.15, 0.2) is 60.8 Å². The summed E-state index contributed by atoms with van der Waals surface area (Å²) in [7, 11) is 3.16. The van der Waals surface area contributed by atoms with Gasteiger partial charge in [-0.2, -0.15) is 0 Å². The predicted octanol–water partition coefficient (Wildman–Crippen LogP) is 3.82. The van der Waals surface area contributed by atoms with E-state index in [0.29, 0.717) is 29.3 Å². The lowest BCUT2D eigenvalue weighted by Crippen LogP contribution is -2.33. The van der Waals surface area contributed by atoms with Crippen LogP contribution in [-0.2, 0) is 11.3 Å². The van der Waals surface area contributed by atoms with E-state index in [4.69, 9.17) is 9.47 Å². The van der Waals surface area contributed by atoms with Crippen molar-refractivity contribution in [2.45, 2.75) is 25.9 Å². The Kier molecular flexibility index (Phi) is 6.07. The third-order valence-electron chi connectivity index (χ3n) is 5.58. The van der Waals surface area contributed by atoms with Crippen LogP contribution in [0.4, 0.5) is 5.69 Å². The summed E-state index contributed by atoms with van der Waals surface area (Å²) in [5.74, 6) is 0.981. The molecule has 164 valence electrons. The van der Waals surface area contributed by atoms with Crippen molar-refractivity contribution in [3.63, 3.8) is 0 Å². The van der Waals surface area contributed by atoms with E-state index in [0.717, 1.165) is 16.8 Å². The van der Waals surface area contributed by atoms with E-state index in [1.807, 2.05) is 43.3 Å². The molecule has 3 aromatic rings. The summed E-state index contributed by atoms with van der Waals surface area (Å²) in [4.78, 5) is 32.1. The van der Waals surface area contributed by atoms with Crippen LogP contribution >= 0.6 is 0 Å². The Morgan fingerprint density at radius 1 is 1.09 bits per heavy atom. The van der Waals surface area contributed by atoms with Crippen LogP contribution in [0.2, 0.25) is 0 Å². The van der Waals surface area contributed by atoms with Gasteiger partial charge in [0.1, 0.15) is 11.5 Å². The SMILES string of the molecule is COc1ccc(CNC(=O)C[C@H]2c3ncccc3C(=O)N2c2ccc(C)cc2)c(OC)c1. The molecule has 0 aliphatic carbocycles. The average molecular weight is 431 g/mol. The fraction of sp³-hybridized carbons (Fsp3) is 0.240. The van der Waals surface area contributed by atoms with Crippen molar-refractivity contribution >= 4 is 17.5 Å². The number of hydrogen-bond donors (Lipinski definition) is 1. The predicted molar refractivity (Wildman–Crippen MR) is 121 cm³/mol. The first-order valence-electron chi connectivity index (χ1n) is 10.3. The summed E-state index contributed by atoms with van der Waals surface area (Å²) in [6, 6.07) is 16.2. The van der Waals surface area contributed by atoms with Crippen molar-refractivity contribution in [3.05, 3.63) is 83.2 Å². The lowest BCUT2D eigenvalue weighted by molar-refractivity contribution is -0.121. The number of benzene rings is 2. The number of carbonyl (C=O) groups is 2. The van der Waals surface area contributed by atoms with Gasteiger partial charge in [0.15, 0.2) is 0 Å². The van der Waals surface area contributed by atoms with Crippen molar-refractivity contribution in [3.8, 4) is 11.5 Å². The number of pyridine rings is 1. The molecule has 2 aromatic carbocycles. The van der Waals surface area contributed by atoms with Crippen LogP contribution < -0.4 is 19.7 Å². The summed E-state index contributed by atoms with van der Waals surface area (Å²) in [6.07, 6.45) is 1.75. The third kappa shape index (κ3) is 4.14. The number of aryl methyl sites for hydroxylation is 1. The normalized spacial score (nSPS) is 14.8. The van der Waals surface area contributed by atoms with Gasteiger partial charge in [-0.1, -0.05) is 17.7 Å². The molecule has 7 nitrogen and oxygen atoms in total. The van der Waals surface area contributed by atoms with Crippen LogP contribution in [0.1, 0.15) is 39.6 Å².